The number of halogens is 1. The summed E-state index contributed by atoms with van der Waals surface area (Å²) in [5.41, 5.74) is 2.16. The van der Waals surface area contributed by atoms with Crippen LogP contribution in [-0.2, 0) is 16.0 Å². The SMILES string of the molecule is CC1CNCCC1NC(=O)CCN1C(=O)CCc2ccccc21.Cl. The van der Waals surface area contributed by atoms with Gasteiger partial charge in [0.05, 0.1) is 0 Å². The molecular weight excluding hydrogens is 326 g/mol. The van der Waals surface area contributed by atoms with Crippen molar-refractivity contribution in [1.29, 1.82) is 0 Å². The third kappa shape index (κ3) is 4.28. The molecule has 0 aliphatic carbocycles. The molecule has 2 amide bonds. The number of hydrogen-bond acceptors (Lipinski definition) is 3. The van der Waals surface area contributed by atoms with Gasteiger partial charge < -0.3 is 15.5 Å². The monoisotopic (exact) mass is 351 g/mol. The lowest BCUT2D eigenvalue weighted by molar-refractivity contribution is -0.122. The smallest absolute Gasteiger partial charge is 0.227 e. The van der Waals surface area contributed by atoms with E-state index in [1.807, 2.05) is 18.2 Å². The van der Waals surface area contributed by atoms with Crippen LogP contribution in [0.3, 0.4) is 0 Å². The number of benzene rings is 1. The molecule has 24 heavy (non-hydrogen) atoms. The van der Waals surface area contributed by atoms with Gasteiger partial charge in [-0.3, -0.25) is 9.59 Å². The minimum atomic E-state index is 0. The molecule has 1 fully saturated rings. The first-order valence-corrected chi connectivity index (χ1v) is 8.53. The molecule has 5 nitrogen and oxygen atoms in total. The first-order chi connectivity index (χ1) is 11.1. The summed E-state index contributed by atoms with van der Waals surface area (Å²) in [5, 5.41) is 6.46. The van der Waals surface area contributed by atoms with E-state index in [-0.39, 0.29) is 30.3 Å². The van der Waals surface area contributed by atoms with Gasteiger partial charge in [-0.2, -0.15) is 0 Å². The highest BCUT2D eigenvalue weighted by Crippen LogP contribution is 2.27. The van der Waals surface area contributed by atoms with Gasteiger partial charge in [-0.05, 0) is 43.5 Å². The van der Waals surface area contributed by atoms with E-state index < -0.39 is 0 Å². The Hall–Kier alpha value is -1.59. The van der Waals surface area contributed by atoms with Crippen molar-refractivity contribution in [2.75, 3.05) is 24.5 Å². The maximum atomic E-state index is 12.2. The standard InChI is InChI=1S/C18H25N3O2.ClH/c1-13-12-19-10-8-15(13)20-17(22)9-11-21-16-5-3-2-4-14(16)6-7-18(21)23;/h2-5,13,15,19H,6-12H2,1H3,(H,20,22);1H. The molecule has 3 rings (SSSR count). The van der Waals surface area contributed by atoms with Gasteiger partial charge in [0.2, 0.25) is 11.8 Å². The number of carbonyl (C=O) groups is 2. The van der Waals surface area contributed by atoms with Crippen molar-refractivity contribution in [2.24, 2.45) is 5.92 Å². The number of aryl methyl sites for hydroxylation is 1. The van der Waals surface area contributed by atoms with E-state index in [1.54, 1.807) is 4.90 Å². The number of carbonyl (C=O) groups excluding carboxylic acids is 2. The molecule has 6 heteroatoms. The number of anilines is 1. The van der Waals surface area contributed by atoms with E-state index in [2.05, 4.69) is 23.6 Å². The Morgan fingerprint density at radius 3 is 2.92 bits per heavy atom. The minimum Gasteiger partial charge on any atom is -0.353 e. The number of nitrogens with zero attached hydrogens (tertiary/aromatic N) is 1. The average molecular weight is 352 g/mol. The number of amides is 2. The van der Waals surface area contributed by atoms with Gasteiger partial charge in [0.25, 0.3) is 0 Å². The highest BCUT2D eigenvalue weighted by molar-refractivity contribution is 5.97. The molecule has 2 atom stereocenters. The largest absolute Gasteiger partial charge is 0.353 e. The zero-order chi connectivity index (χ0) is 16.2. The van der Waals surface area contributed by atoms with Crippen LogP contribution in [0.15, 0.2) is 24.3 Å². The van der Waals surface area contributed by atoms with Gasteiger partial charge in [0, 0.05) is 31.1 Å². The fourth-order valence-electron chi connectivity index (χ4n) is 3.46. The topological polar surface area (TPSA) is 61.4 Å². The molecule has 0 aromatic heterocycles. The number of hydrogen-bond donors (Lipinski definition) is 2. The molecule has 0 saturated carbocycles. The fraction of sp³-hybridized carbons (Fsp3) is 0.556. The Morgan fingerprint density at radius 2 is 2.12 bits per heavy atom. The van der Waals surface area contributed by atoms with Crippen molar-refractivity contribution in [3.8, 4) is 0 Å². The summed E-state index contributed by atoms with van der Waals surface area (Å²) in [4.78, 5) is 26.2. The number of piperidine rings is 1. The van der Waals surface area contributed by atoms with Crippen molar-refractivity contribution >= 4 is 29.9 Å². The van der Waals surface area contributed by atoms with Gasteiger partial charge in [-0.15, -0.1) is 12.4 Å². The Morgan fingerprint density at radius 1 is 1.33 bits per heavy atom. The molecule has 2 heterocycles. The van der Waals surface area contributed by atoms with E-state index in [4.69, 9.17) is 0 Å². The summed E-state index contributed by atoms with van der Waals surface area (Å²) in [6.45, 7) is 4.51. The molecule has 0 bridgehead atoms. The molecule has 1 aromatic rings. The zero-order valence-electron chi connectivity index (χ0n) is 14.1. The van der Waals surface area contributed by atoms with Crippen LogP contribution in [-0.4, -0.2) is 37.5 Å². The maximum Gasteiger partial charge on any atom is 0.227 e. The first-order valence-electron chi connectivity index (χ1n) is 8.53. The first kappa shape index (κ1) is 18.7. The Kier molecular flexibility index (Phi) is 6.63. The minimum absolute atomic E-state index is 0. The summed E-state index contributed by atoms with van der Waals surface area (Å²) in [5.74, 6) is 0.608. The zero-order valence-corrected chi connectivity index (χ0v) is 14.9. The van der Waals surface area contributed by atoms with Gasteiger partial charge in [0.1, 0.15) is 0 Å². The van der Waals surface area contributed by atoms with Crippen LogP contribution >= 0.6 is 12.4 Å². The third-order valence-electron chi connectivity index (χ3n) is 4.89. The van der Waals surface area contributed by atoms with Crippen LogP contribution in [0, 0.1) is 5.92 Å². The summed E-state index contributed by atoms with van der Waals surface area (Å²) in [6.07, 6.45) is 2.66. The molecule has 132 valence electrons. The van der Waals surface area contributed by atoms with Gasteiger partial charge in [-0.25, -0.2) is 0 Å². The molecule has 1 aromatic carbocycles. The lowest BCUT2D eigenvalue weighted by atomic mass is 9.95. The predicted octanol–water partition coefficient (Wildman–Crippen LogP) is 1.89. The molecule has 2 aliphatic heterocycles. The molecule has 2 N–H and O–H groups in total. The molecule has 2 aliphatic rings. The van der Waals surface area contributed by atoms with E-state index in [0.29, 0.717) is 25.3 Å². The molecule has 0 radical (unpaired) electrons. The van der Waals surface area contributed by atoms with Crippen molar-refractivity contribution in [1.82, 2.24) is 10.6 Å². The maximum absolute atomic E-state index is 12.2. The molecular formula is C18H26ClN3O2. The third-order valence-corrected chi connectivity index (χ3v) is 4.89. The second-order valence-electron chi connectivity index (χ2n) is 6.57. The van der Waals surface area contributed by atoms with Crippen LogP contribution in [0.4, 0.5) is 5.69 Å². The summed E-state index contributed by atoms with van der Waals surface area (Å²) < 4.78 is 0. The number of rotatable bonds is 4. The highest BCUT2D eigenvalue weighted by Gasteiger charge is 2.26. The lowest BCUT2D eigenvalue weighted by Gasteiger charge is -2.31. The second kappa shape index (κ2) is 8.49. The molecule has 2 unspecified atom stereocenters. The Bertz CT molecular complexity index is 593. The van der Waals surface area contributed by atoms with Crippen LogP contribution in [0.1, 0.15) is 31.7 Å². The fourth-order valence-corrected chi connectivity index (χ4v) is 3.46. The van der Waals surface area contributed by atoms with E-state index in [0.717, 1.165) is 31.6 Å². The average Bonchev–Trinajstić information content (AvgIpc) is 2.56. The number of nitrogens with one attached hydrogen (secondary N) is 2. The van der Waals surface area contributed by atoms with Crippen molar-refractivity contribution in [3.63, 3.8) is 0 Å². The highest BCUT2D eigenvalue weighted by atomic mass is 35.5. The van der Waals surface area contributed by atoms with E-state index in [1.165, 1.54) is 5.56 Å². The lowest BCUT2D eigenvalue weighted by Crippen LogP contribution is -2.49. The Labute approximate surface area is 149 Å². The van der Waals surface area contributed by atoms with Crippen LogP contribution in [0.2, 0.25) is 0 Å². The van der Waals surface area contributed by atoms with Gasteiger partial charge in [-0.1, -0.05) is 25.1 Å². The van der Waals surface area contributed by atoms with Crippen LogP contribution in [0.5, 0.6) is 0 Å². The van der Waals surface area contributed by atoms with E-state index in [9.17, 15) is 9.59 Å². The Balaban J connectivity index is 0.00000208. The second-order valence-corrected chi connectivity index (χ2v) is 6.57. The summed E-state index contributed by atoms with van der Waals surface area (Å²) >= 11 is 0. The summed E-state index contributed by atoms with van der Waals surface area (Å²) in [6, 6.07) is 8.22. The summed E-state index contributed by atoms with van der Waals surface area (Å²) in [7, 11) is 0. The number of para-hydroxylation sites is 1. The van der Waals surface area contributed by atoms with E-state index >= 15 is 0 Å². The van der Waals surface area contributed by atoms with Crippen molar-refractivity contribution in [2.45, 2.75) is 38.6 Å². The van der Waals surface area contributed by atoms with Crippen LogP contribution < -0.4 is 15.5 Å². The van der Waals surface area contributed by atoms with Gasteiger partial charge >= 0.3 is 0 Å². The quantitative estimate of drug-likeness (QED) is 0.870. The molecule has 0 spiro atoms. The molecule has 1 saturated heterocycles. The predicted molar refractivity (Wildman–Crippen MR) is 97.6 cm³/mol. The van der Waals surface area contributed by atoms with Crippen molar-refractivity contribution in [3.05, 3.63) is 29.8 Å². The number of fused-ring (bicyclic) bond motifs is 1. The van der Waals surface area contributed by atoms with Crippen molar-refractivity contribution < 1.29 is 9.59 Å². The van der Waals surface area contributed by atoms with Gasteiger partial charge in [0.15, 0.2) is 0 Å². The normalized spacial score (nSPS) is 23.2. The van der Waals surface area contributed by atoms with Crippen LogP contribution in [0.25, 0.3) is 0 Å².